The molecule has 4 heterocycles. The molecule has 0 aliphatic carbocycles. The quantitative estimate of drug-likeness (QED) is 0.560. The second-order valence-corrected chi connectivity index (χ2v) is 9.47. The number of piperidine rings is 1. The van der Waals surface area contributed by atoms with Crippen LogP contribution in [0.4, 0.5) is 10.1 Å². The molecule has 1 aromatic heterocycles. The molecule has 0 bridgehead atoms. The van der Waals surface area contributed by atoms with E-state index >= 15 is 4.39 Å². The molecule has 3 aliphatic rings. The number of imide groups is 1. The first-order valence-corrected chi connectivity index (χ1v) is 12.1. The standard InChI is InChI=1S/C26H25FN6O3/c27-19-12-18-16(14-33(26(18)36)22-5-6-24(34)30-25(22)35)11-23(19)32-9-7-31(8-10-32)15-17-13-28-20-3-1-2-4-21(20)29-17/h1-4,11-13,22H,5-10,14-15H2,(H,30,34,35). The summed E-state index contributed by atoms with van der Waals surface area (Å²) in [5.74, 6) is -1.62. The zero-order valence-corrected chi connectivity index (χ0v) is 19.6. The number of piperazine rings is 1. The number of nitrogens with zero attached hydrogens (tertiary/aromatic N) is 5. The third-order valence-corrected chi connectivity index (χ3v) is 7.19. The van der Waals surface area contributed by atoms with Gasteiger partial charge in [0.15, 0.2) is 0 Å². The van der Waals surface area contributed by atoms with Gasteiger partial charge in [-0.3, -0.25) is 29.6 Å². The summed E-state index contributed by atoms with van der Waals surface area (Å²) in [6, 6.07) is 10.1. The number of carbonyl (C=O) groups excluding carboxylic acids is 3. The Labute approximate surface area is 206 Å². The molecule has 184 valence electrons. The molecule has 0 saturated carbocycles. The molecule has 2 aromatic carbocycles. The van der Waals surface area contributed by atoms with Gasteiger partial charge in [-0.1, -0.05) is 12.1 Å². The summed E-state index contributed by atoms with van der Waals surface area (Å²) in [6.45, 7) is 3.67. The van der Waals surface area contributed by atoms with Gasteiger partial charge in [0.05, 0.1) is 28.6 Å². The van der Waals surface area contributed by atoms with Crippen LogP contribution in [0.3, 0.4) is 0 Å². The predicted octanol–water partition coefficient (Wildman–Crippen LogP) is 1.85. The van der Waals surface area contributed by atoms with Gasteiger partial charge in [-0.25, -0.2) is 9.37 Å². The van der Waals surface area contributed by atoms with Gasteiger partial charge < -0.3 is 9.80 Å². The first-order chi connectivity index (χ1) is 17.5. The van der Waals surface area contributed by atoms with Crippen LogP contribution in [0.5, 0.6) is 0 Å². The molecule has 0 spiro atoms. The molecule has 3 aromatic rings. The Morgan fingerprint density at radius 2 is 1.81 bits per heavy atom. The number of fused-ring (bicyclic) bond motifs is 2. The van der Waals surface area contributed by atoms with Gasteiger partial charge in [0.25, 0.3) is 5.91 Å². The summed E-state index contributed by atoms with van der Waals surface area (Å²) >= 11 is 0. The highest BCUT2D eigenvalue weighted by molar-refractivity contribution is 6.05. The Morgan fingerprint density at radius 3 is 2.58 bits per heavy atom. The molecule has 3 amide bonds. The number of hydrogen-bond donors (Lipinski definition) is 1. The maximum absolute atomic E-state index is 15.1. The third kappa shape index (κ3) is 4.07. The summed E-state index contributed by atoms with van der Waals surface area (Å²) < 4.78 is 15.1. The van der Waals surface area contributed by atoms with Crippen molar-refractivity contribution in [3.8, 4) is 0 Å². The van der Waals surface area contributed by atoms with Crippen LogP contribution in [0.1, 0.15) is 34.5 Å². The Morgan fingerprint density at radius 1 is 1.03 bits per heavy atom. The number of rotatable bonds is 4. The lowest BCUT2D eigenvalue weighted by Gasteiger charge is -2.36. The fraction of sp³-hybridized carbons (Fsp3) is 0.346. The SMILES string of the molecule is O=C1CCC(N2Cc3cc(N4CCN(Cc5cnc6ccccc6n5)CC4)c(F)cc3C2=O)C(=O)N1. The monoisotopic (exact) mass is 488 g/mol. The van der Waals surface area contributed by atoms with Crippen LogP contribution in [0, 0.1) is 5.82 Å². The van der Waals surface area contributed by atoms with Gasteiger partial charge >= 0.3 is 0 Å². The Bertz CT molecular complexity index is 1390. The molecule has 6 rings (SSSR count). The Kier molecular flexibility index (Phi) is 5.60. The first kappa shape index (κ1) is 22.5. The van der Waals surface area contributed by atoms with Crippen molar-refractivity contribution in [3.63, 3.8) is 0 Å². The van der Waals surface area contributed by atoms with Gasteiger partial charge in [0.2, 0.25) is 11.8 Å². The van der Waals surface area contributed by atoms with E-state index in [1.54, 1.807) is 12.3 Å². The smallest absolute Gasteiger partial charge is 0.255 e. The number of carbonyl (C=O) groups is 3. The van der Waals surface area contributed by atoms with Crippen LogP contribution in [0.25, 0.3) is 11.0 Å². The van der Waals surface area contributed by atoms with E-state index in [2.05, 4.69) is 15.2 Å². The molecule has 3 aliphatic heterocycles. The second-order valence-electron chi connectivity index (χ2n) is 9.47. The number of amides is 3. The van der Waals surface area contributed by atoms with Crippen LogP contribution in [-0.2, 0) is 22.7 Å². The van der Waals surface area contributed by atoms with E-state index in [1.165, 1.54) is 11.0 Å². The maximum Gasteiger partial charge on any atom is 0.255 e. The van der Waals surface area contributed by atoms with E-state index in [1.807, 2.05) is 29.2 Å². The maximum atomic E-state index is 15.1. The minimum atomic E-state index is -0.712. The van der Waals surface area contributed by atoms with E-state index in [9.17, 15) is 14.4 Å². The summed E-state index contributed by atoms with van der Waals surface area (Å²) in [5.41, 5.74) is 4.10. The van der Waals surface area contributed by atoms with Crippen LogP contribution in [0.2, 0.25) is 0 Å². The van der Waals surface area contributed by atoms with Gasteiger partial charge in [-0.2, -0.15) is 0 Å². The van der Waals surface area contributed by atoms with Gasteiger partial charge in [0.1, 0.15) is 11.9 Å². The molecule has 0 radical (unpaired) electrons. The van der Waals surface area contributed by atoms with Gasteiger partial charge in [0, 0.05) is 51.3 Å². The number of para-hydroxylation sites is 2. The summed E-state index contributed by atoms with van der Waals surface area (Å²) in [7, 11) is 0. The molecular weight excluding hydrogens is 463 g/mol. The van der Waals surface area contributed by atoms with Crippen molar-refractivity contribution in [1.82, 2.24) is 25.1 Å². The molecule has 2 saturated heterocycles. The van der Waals surface area contributed by atoms with Crippen LogP contribution in [-0.4, -0.2) is 69.7 Å². The summed E-state index contributed by atoms with van der Waals surface area (Å²) in [4.78, 5) is 51.6. The average molecular weight is 489 g/mol. The van der Waals surface area contributed by atoms with Crippen LogP contribution < -0.4 is 10.2 Å². The number of hydrogen-bond acceptors (Lipinski definition) is 7. The lowest BCUT2D eigenvalue weighted by molar-refractivity contribution is -0.136. The Hall–Kier alpha value is -3.92. The molecule has 9 nitrogen and oxygen atoms in total. The van der Waals surface area contributed by atoms with E-state index in [0.29, 0.717) is 30.9 Å². The molecule has 1 unspecified atom stereocenters. The van der Waals surface area contributed by atoms with Crippen molar-refractivity contribution < 1.29 is 18.8 Å². The van der Waals surface area contributed by atoms with E-state index in [4.69, 9.17) is 4.98 Å². The van der Waals surface area contributed by atoms with Crippen molar-refractivity contribution in [2.75, 3.05) is 31.1 Å². The number of nitrogens with one attached hydrogen (secondary N) is 1. The highest BCUT2D eigenvalue weighted by atomic mass is 19.1. The lowest BCUT2D eigenvalue weighted by atomic mass is 10.0. The molecule has 1 N–H and O–H groups in total. The Balaban J connectivity index is 1.13. The fourth-order valence-corrected chi connectivity index (χ4v) is 5.27. The van der Waals surface area contributed by atoms with Crippen molar-refractivity contribution in [1.29, 1.82) is 0 Å². The van der Waals surface area contributed by atoms with Crippen molar-refractivity contribution >= 4 is 34.4 Å². The van der Waals surface area contributed by atoms with Crippen LogP contribution >= 0.6 is 0 Å². The molecule has 1 atom stereocenters. The second kappa shape index (κ2) is 8.94. The topological polar surface area (TPSA) is 98.7 Å². The van der Waals surface area contributed by atoms with Gasteiger partial charge in [-0.05, 0) is 36.2 Å². The highest BCUT2D eigenvalue weighted by Gasteiger charge is 2.40. The zero-order chi connectivity index (χ0) is 24.8. The van der Waals surface area contributed by atoms with E-state index in [0.717, 1.165) is 29.8 Å². The average Bonchev–Trinajstić information content (AvgIpc) is 3.19. The third-order valence-electron chi connectivity index (χ3n) is 7.19. The fourth-order valence-electron chi connectivity index (χ4n) is 5.27. The number of halogens is 1. The number of anilines is 1. The van der Waals surface area contributed by atoms with E-state index < -0.39 is 17.8 Å². The molecule has 10 heteroatoms. The van der Waals surface area contributed by atoms with Crippen molar-refractivity contribution in [2.45, 2.75) is 32.0 Å². The van der Waals surface area contributed by atoms with Crippen molar-refractivity contribution in [3.05, 3.63) is 65.2 Å². The van der Waals surface area contributed by atoms with E-state index in [-0.39, 0.29) is 36.8 Å². The molecule has 36 heavy (non-hydrogen) atoms. The van der Waals surface area contributed by atoms with Crippen molar-refractivity contribution in [2.24, 2.45) is 0 Å². The molecular formula is C26H25FN6O3. The minimum Gasteiger partial charge on any atom is -0.367 e. The number of benzene rings is 2. The minimum absolute atomic E-state index is 0.186. The lowest BCUT2D eigenvalue weighted by Crippen LogP contribution is -2.52. The predicted molar refractivity (Wildman–Crippen MR) is 129 cm³/mol. The number of aromatic nitrogens is 2. The van der Waals surface area contributed by atoms with Gasteiger partial charge in [-0.15, -0.1) is 0 Å². The summed E-state index contributed by atoms with van der Waals surface area (Å²) in [6.07, 6.45) is 2.27. The molecule has 2 fully saturated rings. The first-order valence-electron chi connectivity index (χ1n) is 12.1. The van der Waals surface area contributed by atoms with Crippen LogP contribution in [0.15, 0.2) is 42.6 Å². The normalized spacial score (nSPS) is 20.7. The highest BCUT2D eigenvalue weighted by Crippen LogP contribution is 2.33. The zero-order valence-electron chi connectivity index (χ0n) is 19.6. The summed E-state index contributed by atoms with van der Waals surface area (Å²) in [5, 5.41) is 2.29. The largest absolute Gasteiger partial charge is 0.367 e.